The van der Waals surface area contributed by atoms with Crippen molar-refractivity contribution in [2.45, 2.75) is 19.1 Å². The SMILES string of the molecule is CCOC(=O)c1ccc(C(O)C(O)C(=O)O)c([N+](=O)[O-])c1. The van der Waals surface area contributed by atoms with Gasteiger partial charge in [0.1, 0.15) is 6.10 Å². The fourth-order valence-electron chi connectivity index (χ4n) is 1.60. The Kier molecular flexibility index (Phi) is 5.33. The van der Waals surface area contributed by atoms with Gasteiger partial charge in [-0.3, -0.25) is 10.1 Å². The Bertz CT molecular complexity index is 570. The van der Waals surface area contributed by atoms with Gasteiger partial charge >= 0.3 is 11.9 Å². The molecule has 0 bridgehead atoms. The molecule has 0 heterocycles. The van der Waals surface area contributed by atoms with E-state index in [1.165, 1.54) is 0 Å². The van der Waals surface area contributed by atoms with Crippen LogP contribution in [0.4, 0.5) is 5.69 Å². The second-order valence-electron chi connectivity index (χ2n) is 3.98. The largest absolute Gasteiger partial charge is 0.479 e. The molecule has 9 heteroatoms. The maximum Gasteiger partial charge on any atom is 0.338 e. The number of aliphatic hydroxyl groups excluding tert-OH is 2. The average molecular weight is 299 g/mol. The number of aliphatic hydroxyl groups is 2. The summed E-state index contributed by atoms with van der Waals surface area (Å²) in [5.74, 6) is -2.52. The van der Waals surface area contributed by atoms with Gasteiger partial charge in [0, 0.05) is 6.07 Å². The van der Waals surface area contributed by atoms with E-state index < -0.39 is 40.3 Å². The molecule has 0 saturated carbocycles. The van der Waals surface area contributed by atoms with Crippen LogP contribution in [0.3, 0.4) is 0 Å². The molecule has 1 aromatic carbocycles. The van der Waals surface area contributed by atoms with Crippen molar-refractivity contribution in [2.24, 2.45) is 0 Å². The molecular weight excluding hydrogens is 286 g/mol. The Morgan fingerprint density at radius 2 is 2.00 bits per heavy atom. The summed E-state index contributed by atoms with van der Waals surface area (Å²) in [7, 11) is 0. The Morgan fingerprint density at radius 3 is 2.48 bits per heavy atom. The highest BCUT2D eigenvalue weighted by Gasteiger charge is 2.31. The molecule has 0 radical (unpaired) electrons. The molecule has 1 rings (SSSR count). The molecule has 0 aliphatic heterocycles. The number of hydrogen-bond donors (Lipinski definition) is 3. The molecule has 0 amide bonds. The molecule has 3 N–H and O–H groups in total. The predicted octanol–water partition coefficient (Wildman–Crippen LogP) is 0.250. The van der Waals surface area contributed by atoms with Gasteiger partial charge in [0.25, 0.3) is 5.69 Å². The molecule has 0 aliphatic carbocycles. The van der Waals surface area contributed by atoms with Crippen LogP contribution in [-0.4, -0.2) is 44.9 Å². The molecule has 21 heavy (non-hydrogen) atoms. The van der Waals surface area contributed by atoms with Gasteiger partial charge in [0.2, 0.25) is 0 Å². The van der Waals surface area contributed by atoms with Gasteiger partial charge in [-0.1, -0.05) is 0 Å². The number of carbonyl (C=O) groups excluding carboxylic acids is 1. The van der Waals surface area contributed by atoms with Crippen LogP contribution in [0.2, 0.25) is 0 Å². The molecule has 114 valence electrons. The Labute approximate surface area is 118 Å². The molecule has 0 fully saturated rings. The third-order valence-corrected chi connectivity index (χ3v) is 2.61. The minimum Gasteiger partial charge on any atom is -0.479 e. The van der Waals surface area contributed by atoms with Crippen LogP contribution in [0.25, 0.3) is 0 Å². The van der Waals surface area contributed by atoms with Crippen molar-refractivity contribution in [2.75, 3.05) is 6.61 Å². The Hall–Kier alpha value is -2.52. The third-order valence-electron chi connectivity index (χ3n) is 2.61. The first-order chi connectivity index (χ1) is 9.79. The van der Waals surface area contributed by atoms with Crippen LogP contribution >= 0.6 is 0 Å². The van der Waals surface area contributed by atoms with E-state index >= 15 is 0 Å². The zero-order valence-electron chi connectivity index (χ0n) is 10.9. The predicted molar refractivity (Wildman–Crippen MR) is 67.7 cm³/mol. The lowest BCUT2D eigenvalue weighted by atomic mass is 10.0. The topological polar surface area (TPSA) is 147 Å². The number of carboxylic acid groups (broad SMARTS) is 1. The fourth-order valence-corrected chi connectivity index (χ4v) is 1.60. The van der Waals surface area contributed by atoms with Crippen molar-refractivity contribution in [1.29, 1.82) is 0 Å². The van der Waals surface area contributed by atoms with E-state index in [9.17, 15) is 29.9 Å². The van der Waals surface area contributed by atoms with Crippen molar-refractivity contribution in [1.82, 2.24) is 0 Å². The van der Waals surface area contributed by atoms with Crippen molar-refractivity contribution in [3.8, 4) is 0 Å². The summed E-state index contributed by atoms with van der Waals surface area (Å²) in [6, 6.07) is 2.99. The standard InChI is InChI=1S/C12H13NO8/c1-2-21-12(18)6-3-4-7(8(5-6)13(19)20)9(14)10(15)11(16)17/h3-5,9-10,14-15H,2H2,1H3,(H,16,17). The number of hydrogen-bond acceptors (Lipinski definition) is 7. The lowest BCUT2D eigenvalue weighted by molar-refractivity contribution is -0.386. The van der Waals surface area contributed by atoms with Crippen molar-refractivity contribution < 1.29 is 34.6 Å². The van der Waals surface area contributed by atoms with Gasteiger partial charge in [0.15, 0.2) is 6.10 Å². The minimum absolute atomic E-state index is 0.0781. The Morgan fingerprint density at radius 1 is 1.38 bits per heavy atom. The normalized spacial score (nSPS) is 13.3. The van der Waals surface area contributed by atoms with Gasteiger partial charge in [-0.25, -0.2) is 9.59 Å². The van der Waals surface area contributed by atoms with E-state index in [0.717, 1.165) is 18.2 Å². The van der Waals surface area contributed by atoms with Crippen LogP contribution in [0.15, 0.2) is 18.2 Å². The first-order valence-corrected chi connectivity index (χ1v) is 5.84. The quantitative estimate of drug-likeness (QED) is 0.384. The molecular formula is C12H13NO8. The van der Waals surface area contributed by atoms with Crippen LogP contribution in [0, 0.1) is 10.1 Å². The molecule has 1 aromatic rings. The highest BCUT2D eigenvalue weighted by molar-refractivity contribution is 5.90. The highest BCUT2D eigenvalue weighted by Crippen LogP contribution is 2.28. The van der Waals surface area contributed by atoms with E-state index in [2.05, 4.69) is 4.74 Å². The summed E-state index contributed by atoms with van der Waals surface area (Å²) in [5.41, 5.74) is -1.22. The molecule has 0 saturated heterocycles. The Balaban J connectivity index is 3.25. The fraction of sp³-hybridized carbons (Fsp3) is 0.333. The maximum absolute atomic E-state index is 11.5. The summed E-state index contributed by atoms with van der Waals surface area (Å²) in [4.78, 5) is 32.2. The van der Waals surface area contributed by atoms with Gasteiger partial charge in [-0.2, -0.15) is 0 Å². The van der Waals surface area contributed by atoms with Gasteiger partial charge in [0.05, 0.1) is 22.7 Å². The third kappa shape index (κ3) is 3.74. The van der Waals surface area contributed by atoms with E-state index in [-0.39, 0.29) is 12.2 Å². The van der Waals surface area contributed by atoms with Crippen LogP contribution in [0.5, 0.6) is 0 Å². The number of nitro benzene ring substituents is 1. The molecule has 0 aromatic heterocycles. The number of ether oxygens (including phenoxy) is 1. The molecule has 9 nitrogen and oxygen atoms in total. The first-order valence-electron chi connectivity index (χ1n) is 5.84. The lowest BCUT2D eigenvalue weighted by Gasteiger charge is -2.14. The van der Waals surface area contributed by atoms with Gasteiger partial charge in [-0.05, 0) is 19.1 Å². The lowest BCUT2D eigenvalue weighted by Crippen LogP contribution is -2.28. The summed E-state index contributed by atoms with van der Waals surface area (Å²) >= 11 is 0. The van der Waals surface area contributed by atoms with E-state index in [1.807, 2.05) is 0 Å². The van der Waals surface area contributed by atoms with Gasteiger partial charge in [-0.15, -0.1) is 0 Å². The highest BCUT2D eigenvalue weighted by atomic mass is 16.6. The summed E-state index contributed by atoms with van der Waals surface area (Å²) in [6.45, 7) is 1.64. The van der Waals surface area contributed by atoms with E-state index in [4.69, 9.17) is 5.11 Å². The zero-order chi connectivity index (χ0) is 16.2. The first kappa shape index (κ1) is 16.5. The number of benzene rings is 1. The monoisotopic (exact) mass is 299 g/mol. The summed E-state index contributed by atoms with van der Waals surface area (Å²) in [6.07, 6.45) is -4.23. The number of rotatable bonds is 6. The van der Waals surface area contributed by atoms with Gasteiger partial charge < -0.3 is 20.1 Å². The average Bonchev–Trinajstić information content (AvgIpc) is 2.45. The number of aliphatic carboxylic acids is 1. The van der Waals surface area contributed by atoms with Crippen LogP contribution in [0.1, 0.15) is 28.9 Å². The molecule has 0 aliphatic rings. The van der Waals surface area contributed by atoms with Crippen molar-refractivity contribution in [3.05, 3.63) is 39.4 Å². The molecule has 0 spiro atoms. The summed E-state index contributed by atoms with van der Waals surface area (Å²) in [5, 5.41) is 38.5. The van der Waals surface area contributed by atoms with E-state index in [1.54, 1.807) is 6.92 Å². The minimum atomic E-state index is -2.22. The number of carbonyl (C=O) groups is 2. The smallest absolute Gasteiger partial charge is 0.338 e. The van der Waals surface area contributed by atoms with Crippen molar-refractivity contribution in [3.63, 3.8) is 0 Å². The number of nitro groups is 1. The summed E-state index contributed by atoms with van der Waals surface area (Å²) < 4.78 is 4.68. The number of carboxylic acids is 1. The number of esters is 1. The maximum atomic E-state index is 11.5. The van der Waals surface area contributed by atoms with Crippen LogP contribution < -0.4 is 0 Å². The second kappa shape index (κ2) is 6.77. The molecule has 2 atom stereocenters. The zero-order valence-corrected chi connectivity index (χ0v) is 10.9. The van der Waals surface area contributed by atoms with Crippen molar-refractivity contribution >= 4 is 17.6 Å². The second-order valence-corrected chi connectivity index (χ2v) is 3.98. The number of nitrogens with zero attached hydrogens (tertiary/aromatic N) is 1. The van der Waals surface area contributed by atoms with E-state index in [0.29, 0.717) is 0 Å². The van der Waals surface area contributed by atoms with Crippen LogP contribution in [-0.2, 0) is 9.53 Å². The molecule has 2 unspecified atom stereocenters.